The molecule has 8 heteroatoms. The van der Waals surface area contributed by atoms with Gasteiger partial charge in [0.1, 0.15) is 6.07 Å². The molecule has 1 aromatic heterocycles. The highest BCUT2D eigenvalue weighted by molar-refractivity contribution is 9.11. The van der Waals surface area contributed by atoms with Crippen LogP contribution in [0.4, 0.5) is 0 Å². The van der Waals surface area contributed by atoms with E-state index in [1.165, 1.54) is 40.9 Å². The molecule has 0 spiro atoms. The third-order valence-corrected chi connectivity index (χ3v) is 6.46. The van der Waals surface area contributed by atoms with Gasteiger partial charge in [0.15, 0.2) is 0 Å². The molecule has 0 bridgehead atoms. The summed E-state index contributed by atoms with van der Waals surface area (Å²) in [7, 11) is -2.14. The summed E-state index contributed by atoms with van der Waals surface area (Å²) in [6.07, 6.45) is 0. The molecule has 1 heterocycles. The number of sulfonamides is 1. The molecule has 0 aliphatic rings. The zero-order valence-electron chi connectivity index (χ0n) is 10.9. The lowest BCUT2D eigenvalue weighted by molar-refractivity contribution is 0.467. The lowest BCUT2D eigenvalue weighted by atomic mass is 10.2. The second-order valence-corrected chi connectivity index (χ2v) is 9.02. The first-order valence-electron chi connectivity index (χ1n) is 5.73. The van der Waals surface area contributed by atoms with Crippen LogP contribution in [0, 0.1) is 11.3 Å². The van der Waals surface area contributed by atoms with Crippen molar-refractivity contribution in [2.75, 3.05) is 7.05 Å². The van der Waals surface area contributed by atoms with Gasteiger partial charge in [-0.05, 0) is 51.1 Å². The summed E-state index contributed by atoms with van der Waals surface area (Å²) in [5, 5.41) is 10.8. The van der Waals surface area contributed by atoms with Crippen LogP contribution < -0.4 is 0 Å². The highest BCUT2D eigenvalue weighted by atomic mass is 79.9. The summed E-state index contributed by atoms with van der Waals surface area (Å²) in [4.78, 5) is 0.0725. The Kier molecular flexibility index (Phi) is 5.07. The molecule has 110 valence electrons. The Bertz CT molecular complexity index is 812. The van der Waals surface area contributed by atoms with Gasteiger partial charge in [-0.25, -0.2) is 8.42 Å². The average molecular weight is 406 g/mol. The number of hydrogen-bond donors (Lipinski definition) is 0. The number of nitrogens with zero attached hydrogens (tertiary/aromatic N) is 2. The first kappa shape index (κ1) is 16.5. The van der Waals surface area contributed by atoms with Gasteiger partial charge < -0.3 is 0 Å². The fourth-order valence-corrected chi connectivity index (χ4v) is 4.37. The molecular weight excluding hydrogens is 396 g/mol. The molecule has 0 amide bonds. The third kappa shape index (κ3) is 3.65. The van der Waals surface area contributed by atoms with E-state index in [0.29, 0.717) is 0 Å². The van der Waals surface area contributed by atoms with Gasteiger partial charge >= 0.3 is 0 Å². The van der Waals surface area contributed by atoms with Crippen LogP contribution in [0.25, 0.3) is 0 Å². The van der Waals surface area contributed by atoms with Crippen molar-refractivity contribution in [3.05, 3.63) is 49.6 Å². The predicted octanol–water partition coefficient (Wildman–Crippen LogP) is 3.86. The van der Waals surface area contributed by atoms with E-state index in [2.05, 4.69) is 15.9 Å². The molecule has 2 rings (SSSR count). The molecule has 0 radical (unpaired) electrons. The van der Waals surface area contributed by atoms with E-state index in [4.69, 9.17) is 16.9 Å². The number of nitriles is 1. The Labute approximate surface area is 140 Å². The minimum atomic E-state index is -3.65. The lowest BCUT2D eigenvalue weighted by Gasteiger charge is -2.16. The van der Waals surface area contributed by atoms with Crippen molar-refractivity contribution in [1.29, 1.82) is 5.26 Å². The monoisotopic (exact) mass is 404 g/mol. The summed E-state index contributed by atoms with van der Waals surface area (Å²) >= 11 is 10.7. The number of halogens is 2. The minimum Gasteiger partial charge on any atom is -0.207 e. The summed E-state index contributed by atoms with van der Waals surface area (Å²) in [6, 6.07) is 7.88. The molecule has 21 heavy (non-hydrogen) atoms. The van der Waals surface area contributed by atoms with Crippen molar-refractivity contribution in [1.82, 2.24) is 4.31 Å². The minimum absolute atomic E-state index is 0.0725. The summed E-state index contributed by atoms with van der Waals surface area (Å²) in [5.41, 5.74) is 1.15. The van der Waals surface area contributed by atoms with Crippen molar-refractivity contribution in [3.63, 3.8) is 0 Å². The molecule has 0 aliphatic heterocycles. The van der Waals surface area contributed by atoms with E-state index in [1.807, 2.05) is 17.5 Å². The van der Waals surface area contributed by atoms with Crippen molar-refractivity contribution in [2.24, 2.45) is 0 Å². The Morgan fingerprint density at radius 1 is 1.43 bits per heavy atom. The third-order valence-electron chi connectivity index (χ3n) is 2.80. The standard InChI is InChI=1S/C13H10BrClN2O2S2/c1-17(7-9-4-13(14)20-8-9)21(18,19)11-3-2-10(6-16)12(15)5-11/h2-5,8H,7H2,1H3. The largest absolute Gasteiger partial charge is 0.243 e. The van der Waals surface area contributed by atoms with Crippen LogP contribution in [-0.2, 0) is 16.6 Å². The van der Waals surface area contributed by atoms with Crippen LogP contribution in [0.2, 0.25) is 5.02 Å². The first-order chi connectivity index (χ1) is 9.84. The molecule has 4 nitrogen and oxygen atoms in total. The second kappa shape index (κ2) is 6.46. The number of thiophene rings is 1. The van der Waals surface area contributed by atoms with E-state index in [1.54, 1.807) is 0 Å². The van der Waals surface area contributed by atoms with E-state index in [-0.39, 0.29) is 22.0 Å². The molecule has 0 N–H and O–H groups in total. The maximum absolute atomic E-state index is 12.5. The smallest absolute Gasteiger partial charge is 0.207 e. The zero-order valence-corrected chi connectivity index (χ0v) is 14.9. The molecule has 0 aliphatic carbocycles. The highest BCUT2D eigenvalue weighted by Gasteiger charge is 2.22. The SMILES string of the molecule is CN(Cc1csc(Br)c1)S(=O)(=O)c1ccc(C#N)c(Cl)c1. The Morgan fingerprint density at radius 2 is 2.14 bits per heavy atom. The van der Waals surface area contributed by atoms with Gasteiger partial charge in [0.25, 0.3) is 0 Å². The zero-order chi connectivity index (χ0) is 15.6. The van der Waals surface area contributed by atoms with Crippen LogP contribution in [0.1, 0.15) is 11.1 Å². The fourth-order valence-electron chi connectivity index (χ4n) is 1.70. The highest BCUT2D eigenvalue weighted by Crippen LogP contribution is 2.25. The van der Waals surface area contributed by atoms with Gasteiger partial charge in [0.05, 0.1) is 19.3 Å². The molecule has 0 saturated heterocycles. The molecule has 0 atom stereocenters. The summed E-state index contributed by atoms with van der Waals surface area (Å²) in [6.45, 7) is 0.266. The number of hydrogen-bond acceptors (Lipinski definition) is 4. The van der Waals surface area contributed by atoms with Gasteiger partial charge in [0, 0.05) is 13.6 Å². The van der Waals surface area contributed by atoms with Crippen LogP contribution in [-0.4, -0.2) is 19.8 Å². The van der Waals surface area contributed by atoms with Crippen LogP contribution in [0.3, 0.4) is 0 Å². The number of benzene rings is 1. The molecule has 2 aromatic rings. The molecule has 0 saturated carbocycles. The quantitative estimate of drug-likeness (QED) is 0.776. The molecule has 0 unspecified atom stereocenters. The van der Waals surface area contributed by atoms with Gasteiger partial charge in [0.2, 0.25) is 10.0 Å². The molecule has 1 aromatic carbocycles. The van der Waals surface area contributed by atoms with Gasteiger partial charge in [-0.15, -0.1) is 11.3 Å². The fraction of sp³-hybridized carbons (Fsp3) is 0.154. The maximum atomic E-state index is 12.5. The van der Waals surface area contributed by atoms with E-state index in [0.717, 1.165) is 9.35 Å². The Hall–Kier alpha value is -0.910. The predicted molar refractivity (Wildman–Crippen MR) is 86.8 cm³/mol. The van der Waals surface area contributed by atoms with Gasteiger partial charge in [-0.3, -0.25) is 0 Å². The normalized spacial score (nSPS) is 11.6. The number of rotatable bonds is 4. The van der Waals surface area contributed by atoms with Crippen LogP contribution >= 0.6 is 38.9 Å². The van der Waals surface area contributed by atoms with Gasteiger partial charge in [-0.2, -0.15) is 9.57 Å². The van der Waals surface area contributed by atoms with Crippen LogP contribution in [0.15, 0.2) is 38.3 Å². The summed E-state index contributed by atoms with van der Waals surface area (Å²) in [5.74, 6) is 0. The van der Waals surface area contributed by atoms with E-state index in [9.17, 15) is 8.42 Å². The van der Waals surface area contributed by atoms with E-state index >= 15 is 0 Å². The van der Waals surface area contributed by atoms with Crippen molar-refractivity contribution < 1.29 is 8.42 Å². The Balaban J connectivity index is 2.29. The lowest BCUT2D eigenvalue weighted by Crippen LogP contribution is -2.26. The molecule has 0 fully saturated rings. The van der Waals surface area contributed by atoms with Crippen molar-refractivity contribution in [2.45, 2.75) is 11.4 Å². The summed E-state index contributed by atoms with van der Waals surface area (Å²) < 4.78 is 27.1. The first-order valence-corrected chi connectivity index (χ1v) is 9.22. The maximum Gasteiger partial charge on any atom is 0.243 e. The van der Waals surface area contributed by atoms with Crippen LogP contribution in [0.5, 0.6) is 0 Å². The van der Waals surface area contributed by atoms with Crippen molar-refractivity contribution in [3.8, 4) is 6.07 Å². The molecular formula is C13H10BrClN2O2S2. The Morgan fingerprint density at radius 3 is 2.67 bits per heavy atom. The topological polar surface area (TPSA) is 61.2 Å². The second-order valence-electron chi connectivity index (χ2n) is 4.27. The van der Waals surface area contributed by atoms with E-state index < -0.39 is 10.0 Å². The average Bonchev–Trinajstić information content (AvgIpc) is 2.83. The van der Waals surface area contributed by atoms with Gasteiger partial charge in [-0.1, -0.05) is 11.6 Å². The van der Waals surface area contributed by atoms with Crippen molar-refractivity contribution >= 4 is 48.9 Å².